The normalized spacial score (nSPS) is 35.6. The van der Waals surface area contributed by atoms with E-state index < -0.39 is 35.8 Å². The van der Waals surface area contributed by atoms with Crippen molar-refractivity contribution in [2.24, 2.45) is 0 Å². The molecule has 0 amide bonds. The van der Waals surface area contributed by atoms with Gasteiger partial charge in [0.05, 0.1) is 12.2 Å². The molecule has 4 atom stereocenters. The van der Waals surface area contributed by atoms with Gasteiger partial charge in [0.1, 0.15) is 6.10 Å². The van der Waals surface area contributed by atoms with Crippen LogP contribution in [0.5, 0.6) is 5.88 Å². The van der Waals surface area contributed by atoms with Crippen LogP contribution in [-0.2, 0) is 4.74 Å². The highest BCUT2D eigenvalue weighted by molar-refractivity contribution is 5.16. The monoisotopic (exact) mass is 226 g/mol. The number of rotatable bonds is 0. The zero-order valence-electron chi connectivity index (χ0n) is 8.41. The van der Waals surface area contributed by atoms with E-state index in [1.807, 2.05) is 0 Å². The maximum absolute atomic E-state index is 11.6. The van der Waals surface area contributed by atoms with E-state index in [2.05, 4.69) is 4.98 Å². The summed E-state index contributed by atoms with van der Waals surface area (Å²) in [7, 11) is 0. The fourth-order valence-electron chi connectivity index (χ4n) is 2.10. The summed E-state index contributed by atoms with van der Waals surface area (Å²) in [5.41, 5.74) is -1.12. The van der Waals surface area contributed by atoms with Crippen LogP contribution in [0, 0.1) is 0 Å². The van der Waals surface area contributed by atoms with Crippen molar-refractivity contribution in [2.45, 2.75) is 31.5 Å². The number of aromatic nitrogens is 2. The third-order valence-electron chi connectivity index (χ3n) is 2.90. The summed E-state index contributed by atoms with van der Waals surface area (Å²) in [4.78, 5) is 24.7. The molecule has 0 aromatic carbocycles. The predicted molar refractivity (Wildman–Crippen MR) is 51.3 cm³/mol. The summed E-state index contributed by atoms with van der Waals surface area (Å²) in [6, 6.07) is 1.17. The number of hydrogen-bond acceptors (Lipinski definition) is 5. The summed E-state index contributed by atoms with van der Waals surface area (Å²) >= 11 is 0. The van der Waals surface area contributed by atoms with Gasteiger partial charge in [-0.25, -0.2) is 9.36 Å². The summed E-state index contributed by atoms with van der Waals surface area (Å²) in [5, 5.41) is 9.75. The molecule has 0 unspecified atom stereocenters. The number of hydrogen-bond donors (Lipinski definition) is 2. The minimum Gasteiger partial charge on any atom is -0.467 e. The standard InChI is InChI=1S/C9H10N2O5/c1-3-6(13)7-8(15-3)11-5(16-7)2-4(12)10-9(11)14/h2-3,6-8,13H,1H3,(H,10,12,14)/t3-,6+,7+,8-/m1/s1. The Bertz CT molecular complexity index is 548. The van der Waals surface area contributed by atoms with Crippen LogP contribution in [0.15, 0.2) is 15.7 Å². The van der Waals surface area contributed by atoms with E-state index in [1.165, 1.54) is 10.6 Å². The topological polar surface area (TPSA) is 93.5 Å². The average molecular weight is 226 g/mol. The Morgan fingerprint density at radius 3 is 3.00 bits per heavy atom. The lowest BCUT2D eigenvalue weighted by Crippen LogP contribution is -2.32. The largest absolute Gasteiger partial charge is 0.467 e. The minimum absolute atomic E-state index is 0.134. The van der Waals surface area contributed by atoms with Crippen molar-refractivity contribution in [3.8, 4) is 5.88 Å². The molecule has 0 bridgehead atoms. The van der Waals surface area contributed by atoms with Crippen LogP contribution in [0.1, 0.15) is 13.2 Å². The van der Waals surface area contributed by atoms with Gasteiger partial charge in [-0.1, -0.05) is 0 Å². The molecular weight excluding hydrogens is 216 g/mol. The molecule has 7 heteroatoms. The summed E-state index contributed by atoms with van der Waals surface area (Å²) in [5.74, 6) is 0.134. The molecule has 1 aromatic heterocycles. The highest BCUT2D eigenvalue weighted by atomic mass is 16.6. The van der Waals surface area contributed by atoms with Crippen LogP contribution in [0.4, 0.5) is 0 Å². The molecule has 2 N–H and O–H groups in total. The van der Waals surface area contributed by atoms with E-state index in [-0.39, 0.29) is 5.88 Å². The van der Waals surface area contributed by atoms with Crippen molar-refractivity contribution in [2.75, 3.05) is 0 Å². The second kappa shape index (κ2) is 2.96. The Hall–Kier alpha value is -1.60. The van der Waals surface area contributed by atoms with Gasteiger partial charge in [0.15, 0.2) is 12.3 Å². The Labute approximate surface area is 89.2 Å². The van der Waals surface area contributed by atoms with Gasteiger partial charge in [-0.2, -0.15) is 0 Å². The molecule has 3 rings (SSSR count). The fraction of sp³-hybridized carbons (Fsp3) is 0.556. The molecular formula is C9H10N2O5. The number of ether oxygens (including phenoxy) is 2. The summed E-state index contributed by atoms with van der Waals surface area (Å²) < 4.78 is 12.0. The van der Waals surface area contributed by atoms with E-state index in [9.17, 15) is 14.7 Å². The first-order valence-electron chi connectivity index (χ1n) is 4.94. The second-order valence-electron chi connectivity index (χ2n) is 3.95. The van der Waals surface area contributed by atoms with Crippen molar-refractivity contribution >= 4 is 0 Å². The second-order valence-corrected chi connectivity index (χ2v) is 3.95. The van der Waals surface area contributed by atoms with Gasteiger partial charge >= 0.3 is 5.69 Å². The number of H-pyrrole nitrogens is 1. The quantitative estimate of drug-likeness (QED) is 0.566. The van der Waals surface area contributed by atoms with Gasteiger partial charge in [-0.05, 0) is 6.92 Å². The first kappa shape index (κ1) is 9.61. The van der Waals surface area contributed by atoms with Gasteiger partial charge in [0.2, 0.25) is 5.88 Å². The number of fused-ring (bicyclic) bond motifs is 3. The van der Waals surface area contributed by atoms with Crippen LogP contribution in [0.3, 0.4) is 0 Å². The zero-order chi connectivity index (χ0) is 11.4. The summed E-state index contributed by atoms with van der Waals surface area (Å²) in [6.45, 7) is 1.70. The van der Waals surface area contributed by atoms with Crippen molar-refractivity contribution < 1.29 is 14.6 Å². The smallest absolute Gasteiger partial charge is 0.333 e. The molecule has 86 valence electrons. The molecule has 7 nitrogen and oxygen atoms in total. The van der Waals surface area contributed by atoms with E-state index in [0.29, 0.717) is 0 Å². The van der Waals surface area contributed by atoms with Crippen molar-refractivity contribution in [3.63, 3.8) is 0 Å². The van der Waals surface area contributed by atoms with Gasteiger partial charge < -0.3 is 14.6 Å². The lowest BCUT2D eigenvalue weighted by Gasteiger charge is -2.12. The van der Waals surface area contributed by atoms with Crippen LogP contribution >= 0.6 is 0 Å². The zero-order valence-corrected chi connectivity index (χ0v) is 8.41. The van der Waals surface area contributed by atoms with Crippen LogP contribution in [0.25, 0.3) is 0 Å². The van der Waals surface area contributed by atoms with E-state index >= 15 is 0 Å². The van der Waals surface area contributed by atoms with E-state index in [4.69, 9.17) is 9.47 Å². The average Bonchev–Trinajstić information content (AvgIpc) is 2.66. The van der Waals surface area contributed by atoms with Crippen molar-refractivity contribution in [3.05, 3.63) is 26.9 Å². The molecule has 0 saturated carbocycles. The Kier molecular flexibility index (Phi) is 1.78. The molecule has 16 heavy (non-hydrogen) atoms. The predicted octanol–water partition coefficient (Wildman–Crippen LogP) is -1.42. The number of aliphatic hydroxyl groups is 1. The molecule has 0 radical (unpaired) electrons. The highest BCUT2D eigenvalue weighted by Gasteiger charge is 2.49. The van der Waals surface area contributed by atoms with Gasteiger partial charge in [0, 0.05) is 0 Å². The number of aromatic amines is 1. The highest BCUT2D eigenvalue weighted by Crippen LogP contribution is 2.37. The van der Waals surface area contributed by atoms with E-state index in [1.54, 1.807) is 6.92 Å². The third kappa shape index (κ3) is 1.09. The Morgan fingerprint density at radius 1 is 1.50 bits per heavy atom. The van der Waals surface area contributed by atoms with Gasteiger partial charge in [-0.3, -0.25) is 9.78 Å². The lowest BCUT2D eigenvalue weighted by molar-refractivity contribution is -0.00815. The number of aliphatic hydroxyl groups excluding tert-OH is 1. The molecule has 1 saturated heterocycles. The molecule has 2 aliphatic rings. The SMILES string of the molecule is C[C@H]1O[C@@H]2[C@@H](Oc3cc(=O)[nH]c(=O)n32)[C@H]1O. The van der Waals surface area contributed by atoms with Gasteiger partial charge in [0.25, 0.3) is 5.56 Å². The molecule has 3 heterocycles. The first-order chi connectivity index (χ1) is 7.58. The molecule has 1 aromatic rings. The Balaban J connectivity index is 2.15. The maximum atomic E-state index is 11.6. The van der Waals surface area contributed by atoms with Crippen LogP contribution in [-0.4, -0.2) is 33.0 Å². The van der Waals surface area contributed by atoms with Gasteiger partial charge in [-0.15, -0.1) is 0 Å². The van der Waals surface area contributed by atoms with Crippen LogP contribution in [0.2, 0.25) is 0 Å². The maximum Gasteiger partial charge on any atom is 0.333 e. The minimum atomic E-state index is -0.806. The van der Waals surface area contributed by atoms with Crippen LogP contribution < -0.4 is 16.0 Å². The lowest BCUT2D eigenvalue weighted by atomic mass is 10.1. The molecule has 2 aliphatic heterocycles. The molecule has 0 spiro atoms. The number of nitrogens with one attached hydrogen (secondary N) is 1. The van der Waals surface area contributed by atoms with E-state index in [0.717, 1.165) is 0 Å². The summed E-state index contributed by atoms with van der Waals surface area (Å²) in [6.07, 6.45) is -2.50. The van der Waals surface area contributed by atoms with Crippen molar-refractivity contribution in [1.29, 1.82) is 0 Å². The Morgan fingerprint density at radius 2 is 2.25 bits per heavy atom. The molecule has 0 aliphatic carbocycles. The third-order valence-corrected chi connectivity index (χ3v) is 2.90. The number of nitrogens with zero attached hydrogens (tertiary/aromatic N) is 1. The molecule has 1 fully saturated rings. The van der Waals surface area contributed by atoms with Crippen molar-refractivity contribution in [1.82, 2.24) is 9.55 Å². The first-order valence-corrected chi connectivity index (χ1v) is 4.94. The fourth-order valence-corrected chi connectivity index (χ4v) is 2.10.